The molecule has 2 aliphatic rings. The Labute approximate surface area is 187 Å². The number of hydrazine groups is 1. The van der Waals surface area contributed by atoms with Crippen LogP contribution in [0.15, 0.2) is 49.1 Å². The third-order valence-corrected chi connectivity index (χ3v) is 5.69. The largest absolute Gasteiger partial charge is 0.431 e. The van der Waals surface area contributed by atoms with Crippen LogP contribution in [0.1, 0.15) is 11.7 Å². The first kappa shape index (κ1) is 20.3. The number of halogens is 2. The van der Waals surface area contributed by atoms with Crippen molar-refractivity contribution in [3.05, 3.63) is 64.0 Å². The molecule has 152 valence electrons. The summed E-state index contributed by atoms with van der Waals surface area (Å²) < 4.78 is 19.5. The second-order valence-corrected chi connectivity index (χ2v) is 8.23. The summed E-state index contributed by atoms with van der Waals surface area (Å²) in [6.45, 7) is 3.48. The molecule has 4 N–H and O–H groups in total. The second kappa shape index (κ2) is 9.20. The SMILES string of the molecule is Fc1cc(I)ccc1Nc1cnccc1C1NNC(=S)N1/C=C/N1CC[OH+]CC1. The fourth-order valence-corrected chi connectivity index (χ4v) is 3.86. The molecular formula is C19H21FIN6OS+. The van der Waals surface area contributed by atoms with E-state index in [4.69, 9.17) is 12.2 Å². The first-order chi connectivity index (χ1) is 14.1. The van der Waals surface area contributed by atoms with Crippen molar-refractivity contribution >= 4 is 51.3 Å². The highest BCUT2D eigenvalue weighted by Gasteiger charge is 2.29. The van der Waals surface area contributed by atoms with Gasteiger partial charge in [0, 0.05) is 27.7 Å². The molecule has 3 heterocycles. The summed E-state index contributed by atoms with van der Waals surface area (Å²) in [6, 6.07) is 6.95. The number of aliphatic hydroxyl groups is 2. The van der Waals surface area contributed by atoms with E-state index in [1.807, 2.05) is 29.4 Å². The highest BCUT2D eigenvalue weighted by molar-refractivity contribution is 14.1. The lowest BCUT2D eigenvalue weighted by Crippen LogP contribution is -2.35. The molecule has 0 spiro atoms. The quantitative estimate of drug-likeness (QED) is 0.314. The molecule has 0 aliphatic carbocycles. The number of rotatable bonds is 5. The summed E-state index contributed by atoms with van der Waals surface area (Å²) in [6.07, 6.45) is 7.13. The highest BCUT2D eigenvalue weighted by atomic mass is 127. The molecule has 1 aromatic heterocycles. The average Bonchev–Trinajstić information content (AvgIpc) is 3.10. The molecule has 1 aromatic carbocycles. The van der Waals surface area contributed by atoms with E-state index in [1.54, 1.807) is 18.5 Å². The molecule has 2 saturated heterocycles. The van der Waals surface area contributed by atoms with Gasteiger partial charge in [0.05, 0.1) is 30.7 Å². The maximum absolute atomic E-state index is 14.3. The summed E-state index contributed by atoms with van der Waals surface area (Å²) >= 11 is 7.55. The summed E-state index contributed by atoms with van der Waals surface area (Å²) in [5.41, 5.74) is 8.19. The van der Waals surface area contributed by atoms with E-state index >= 15 is 0 Å². The van der Waals surface area contributed by atoms with Gasteiger partial charge in [-0.1, -0.05) is 0 Å². The number of ether oxygens (including phenoxy) is 1. The molecule has 10 heteroatoms. The molecule has 1 unspecified atom stereocenters. The summed E-state index contributed by atoms with van der Waals surface area (Å²) in [7, 11) is 0. The van der Waals surface area contributed by atoms with Gasteiger partial charge in [-0.25, -0.2) is 9.82 Å². The number of benzene rings is 1. The van der Waals surface area contributed by atoms with E-state index in [-0.39, 0.29) is 12.0 Å². The van der Waals surface area contributed by atoms with E-state index in [9.17, 15) is 4.39 Å². The van der Waals surface area contributed by atoms with E-state index in [1.165, 1.54) is 6.07 Å². The van der Waals surface area contributed by atoms with Crippen molar-refractivity contribution in [1.29, 1.82) is 0 Å². The number of morpholine rings is 1. The molecule has 0 saturated carbocycles. The van der Waals surface area contributed by atoms with Gasteiger partial charge in [0.15, 0.2) is 18.3 Å². The van der Waals surface area contributed by atoms with Gasteiger partial charge >= 0.3 is 0 Å². The van der Waals surface area contributed by atoms with Crippen LogP contribution in [0, 0.1) is 9.39 Å². The fraction of sp³-hybridized carbons (Fsp3) is 0.263. The molecule has 7 nitrogen and oxygen atoms in total. The number of nitrogens with zero attached hydrogens (tertiary/aromatic N) is 3. The maximum atomic E-state index is 14.3. The van der Waals surface area contributed by atoms with Crippen LogP contribution < -0.4 is 16.2 Å². The summed E-state index contributed by atoms with van der Waals surface area (Å²) in [5.74, 6) is -0.313. The monoisotopic (exact) mass is 527 g/mol. The zero-order valence-electron chi connectivity index (χ0n) is 15.5. The van der Waals surface area contributed by atoms with Crippen molar-refractivity contribution in [2.24, 2.45) is 0 Å². The van der Waals surface area contributed by atoms with Gasteiger partial charge < -0.3 is 19.9 Å². The number of hydrogen-bond donors (Lipinski definition) is 3. The maximum Gasteiger partial charge on any atom is 0.189 e. The van der Waals surface area contributed by atoms with Crippen molar-refractivity contribution in [2.45, 2.75) is 6.17 Å². The van der Waals surface area contributed by atoms with Crippen LogP contribution in [0.25, 0.3) is 0 Å². The van der Waals surface area contributed by atoms with Crippen LogP contribution in [-0.2, 0) is 0 Å². The molecule has 0 radical (unpaired) electrons. The number of pyridine rings is 1. The van der Waals surface area contributed by atoms with Gasteiger partial charge in [-0.2, -0.15) is 0 Å². The molecule has 1 atom stereocenters. The first-order valence-electron chi connectivity index (χ1n) is 9.17. The lowest BCUT2D eigenvalue weighted by Gasteiger charge is -2.26. The number of hydrogen-bond acceptors (Lipinski definition) is 5. The van der Waals surface area contributed by atoms with Crippen LogP contribution in [0.5, 0.6) is 0 Å². The Balaban J connectivity index is 1.58. The van der Waals surface area contributed by atoms with Crippen LogP contribution in [0.3, 0.4) is 0 Å². The predicted molar refractivity (Wildman–Crippen MR) is 123 cm³/mol. The van der Waals surface area contributed by atoms with Crippen LogP contribution >= 0.6 is 34.8 Å². The van der Waals surface area contributed by atoms with E-state index in [2.05, 4.69) is 53.4 Å². The van der Waals surface area contributed by atoms with Crippen molar-refractivity contribution in [2.75, 3.05) is 31.6 Å². The summed E-state index contributed by atoms with van der Waals surface area (Å²) in [5, 5.41) is 3.73. The van der Waals surface area contributed by atoms with Gasteiger partial charge in [-0.15, -0.1) is 0 Å². The Hall–Kier alpha value is -2.02. The van der Waals surface area contributed by atoms with Crippen molar-refractivity contribution in [1.82, 2.24) is 25.6 Å². The van der Waals surface area contributed by atoms with E-state index in [0.29, 0.717) is 16.5 Å². The van der Waals surface area contributed by atoms with E-state index in [0.717, 1.165) is 35.4 Å². The number of thiocarbonyl (C=S) groups is 1. The molecule has 0 bridgehead atoms. The zero-order chi connectivity index (χ0) is 20.2. The van der Waals surface area contributed by atoms with Crippen LogP contribution in [-0.4, -0.2) is 50.9 Å². The molecule has 29 heavy (non-hydrogen) atoms. The van der Waals surface area contributed by atoms with Crippen LogP contribution in [0.4, 0.5) is 15.8 Å². The Morgan fingerprint density at radius 1 is 1.24 bits per heavy atom. The zero-order valence-corrected chi connectivity index (χ0v) is 18.5. The van der Waals surface area contributed by atoms with Gasteiger partial charge in [0.2, 0.25) is 0 Å². The average molecular weight is 527 g/mol. The number of nitrogens with one attached hydrogen (secondary N) is 3. The standard InChI is InChI=1S/C19H20FIN6OS/c20-15-11-13(21)1-2-16(15)23-17-12-22-4-3-14(17)18-24-25-19(29)27(18)6-5-26-7-9-28-10-8-26/h1-6,11-12,18,23-24H,7-10H2,(H,25,29)/p+1/b6-5+. The molecule has 4 rings (SSSR count). The smallest absolute Gasteiger partial charge is 0.189 e. The van der Waals surface area contributed by atoms with E-state index < -0.39 is 0 Å². The Morgan fingerprint density at radius 3 is 2.86 bits per heavy atom. The van der Waals surface area contributed by atoms with Crippen molar-refractivity contribution < 1.29 is 9.13 Å². The lowest BCUT2D eigenvalue weighted by atomic mass is 10.1. The number of aromatic nitrogens is 1. The topological polar surface area (TPSA) is 68.3 Å². The molecular weight excluding hydrogens is 506 g/mol. The minimum Gasteiger partial charge on any atom is -0.431 e. The Morgan fingerprint density at radius 2 is 2.07 bits per heavy atom. The summed E-state index contributed by atoms with van der Waals surface area (Å²) in [4.78, 5) is 8.36. The van der Waals surface area contributed by atoms with Gasteiger partial charge in [0.1, 0.15) is 12.0 Å². The minimum atomic E-state index is -0.313. The van der Waals surface area contributed by atoms with Crippen molar-refractivity contribution in [3.63, 3.8) is 0 Å². The van der Waals surface area contributed by atoms with Gasteiger partial charge in [-0.05, 0) is 59.1 Å². The highest BCUT2D eigenvalue weighted by Crippen LogP contribution is 2.30. The Bertz CT molecular complexity index is 923. The predicted octanol–water partition coefficient (Wildman–Crippen LogP) is 2.58. The van der Waals surface area contributed by atoms with Gasteiger partial charge in [0.25, 0.3) is 0 Å². The number of anilines is 2. The fourth-order valence-electron chi connectivity index (χ4n) is 3.18. The lowest BCUT2D eigenvalue weighted by molar-refractivity contribution is -0.0802. The second-order valence-electron chi connectivity index (χ2n) is 6.60. The Kier molecular flexibility index (Phi) is 6.43. The third-order valence-electron chi connectivity index (χ3n) is 4.71. The third kappa shape index (κ3) is 4.77. The normalized spacial score (nSPS) is 19.7. The molecule has 2 aromatic rings. The van der Waals surface area contributed by atoms with Gasteiger partial charge in [-0.3, -0.25) is 10.4 Å². The van der Waals surface area contributed by atoms with Crippen molar-refractivity contribution in [3.8, 4) is 0 Å². The molecule has 2 aliphatic heterocycles. The first-order valence-corrected chi connectivity index (χ1v) is 10.7. The molecule has 2 fully saturated rings. The molecule has 0 amide bonds. The minimum absolute atomic E-state index is 0.259. The van der Waals surface area contributed by atoms with Crippen LogP contribution in [0.2, 0.25) is 0 Å².